The fourth-order valence-corrected chi connectivity index (χ4v) is 1.10. The Bertz CT molecular complexity index is 140. The number of nitriles is 1. The second-order valence-electron chi connectivity index (χ2n) is 2.72. The average molecular weight is 128 g/mol. The number of alkyl halides is 1. The van der Waals surface area contributed by atoms with Crippen molar-refractivity contribution in [3.8, 4) is 6.07 Å². The van der Waals surface area contributed by atoms with Gasteiger partial charge in [0.05, 0.1) is 12.6 Å². The molecule has 0 aromatic carbocycles. The molecule has 1 aliphatic rings. The summed E-state index contributed by atoms with van der Waals surface area (Å²) in [7, 11) is 0. The summed E-state index contributed by atoms with van der Waals surface area (Å²) in [6.45, 7) is 2.75. The van der Waals surface area contributed by atoms with Gasteiger partial charge in [0.15, 0.2) is 0 Å². The Morgan fingerprint density at radius 1 is 1.78 bits per heavy atom. The first kappa shape index (κ1) is 6.50. The molecule has 0 unspecified atom stereocenters. The second kappa shape index (κ2) is 1.96. The molecule has 0 spiro atoms. The molecule has 2 nitrogen and oxygen atoms in total. The molecular weight excluding hydrogens is 119 g/mol. The fourth-order valence-electron chi connectivity index (χ4n) is 1.10. The van der Waals surface area contributed by atoms with Crippen molar-refractivity contribution in [1.29, 1.82) is 5.26 Å². The van der Waals surface area contributed by atoms with E-state index in [0.29, 0.717) is 19.6 Å². The zero-order chi connectivity index (χ0) is 6.91. The molecule has 9 heavy (non-hydrogen) atoms. The largest absolute Gasteiger partial charge is 0.284 e. The summed E-state index contributed by atoms with van der Waals surface area (Å²) in [5.74, 6) is 0. The molecule has 1 fully saturated rings. The van der Waals surface area contributed by atoms with E-state index in [0.717, 1.165) is 0 Å². The highest BCUT2D eigenvalue weighted by atomic mass is 19.1. The van der Waals surface area contributed by atoms with Crippen molar-refractivity contribution in [3.63, 3.8) is 0 Å². The summed E-state index contributed by atoms with van der Waals surface area (Å²) in [5, 5.41) is 8.16. The molecule has 0 N–H and O–H groups in total. The SMILES string of the molecule is CC1(F)CN(CC#N)C1. The van der Waals surface area contributed by atoms with Crippen LogP contribution in [0.4, 0.5) is 4.39 Å². The third-order valence-corrected chi connectivity index (χ3v) is 1.40. The lowest BCUT2D eigenvalue weighted by atomic mass is 10.00. The van der Waals surface area contributed by atoms with Crippen molar-refractivity contribution >= 4 is 0 Å². The molecular formula is C6H9FN2. The van der Waals surface area contributed by atoms with Crippen LogP contribution in [0.3, 0.4) is 0 Å². The van der Waals surface area contributed by atoms with Gasteiger partial charge in [0.25, 0.3) is 0 Å². The minimum atomic E-state index is -1.03. The molecule has 0 amide bonds. The van der Waals surface area contributed by atoms with Crippen LogP contribution in [-0.2, 0) is 0 Å². The maximum atomic E-state index is 12.6. The molecule has 0 aliphatic carbocycles. The van der Waals surface area contributed by atoms with Gasteiger partial charge in [0.1, 0.15) is 5.67 Å². The normalized spacial score (nSPS) is 24.6. The Balaban J connectivity index is 2.21. The Kier molecular flexibility index (Phi) is 1.42. The zero-order valence-corrected chi connectivity index (χ0v) is 5.39. The molecule has 1 saturated heterocycles. The monoisotopic (exact) mass is 128 g/mol. The minimum absolute atomic E-state index is 0.361. The third kappa shape index (κ3) is 1.39. The van der Waals surface area contributed by atoms with Crippen molar-refractivity contribution in [1.82, 2.24) is 4.90 Å². The van der Waals surface area contributed by atoms with Crippen molar-refractivity contribution < 1.29 is 4.39 Å². The summed E-state index contributed by atoms with van der Waals surface area (Å²) >= 11 is 0. The van der Waals surface area contributed by atoms with E-state index in [2.05, 4.69) is 0 Å². The van der Waals surface area contributed by atoms with E-state index in [-0.39, 0.29) is 0 Å². The second-order valence-corrected chi connectivity index (χ2v) is 2.72. The first-order valence-electron chi connectivity index (χ1n) is 2.92. The van der Waals surface area contributed by atoms with E-state index in [1.165, 1.54) is 0 Å². The standard InChI is InChI=1S/C6H9FN2/c1-6(7)4-9(5-6)3-2-8/h3-5H2,1H3. The van der Waals surface area contributed by atoms with Crippen LogP contribution in [0.5, 0.6) is 0 Å². The lowest BCUT2D eigenvalue weighted by Gasteiger charge is -2.40. The molecule has 0 aromatic heterocycles. The van der Waals surface area contributed by atoms with E-state index in [1.807, 2.05) is 6.07 Å². The van der Waals surface area contributed by atoms with Crippen LogP contribution in [0.1, 0.15) is 6.92 Å². The summed E-state index contributed by atoms with van der Waals surface area (Å²) in [6, 6.07) is 1.97. The van der Waals surface area contributed by atoms with Crippen molar-refractivity contribution in [2.45, 2.75) is 12.6 Å². The van der Waals surface area contributed by atoms with E-state index in [1.54, 1.807) is 11.8 Å². The molecule has 0 saturated carbocycles. The van der Waals surface area contributed by atoms with Gasteiger partial charge < -0.3 is 0 Å². The summed E-state index contributed by atoms with van der Waals surface area (Å²) < 4.78 is 12.6. The number of hydrogen-bond acceptors (Lipinski definition) is 2. The Morgan fingerprint density at radius 3 is 2.67 bits per heavy atom. The van der Waals surface area contributed by atoms with E-state index in [4.69, 9.17) is 5.26 Å². The minimum Gasteiger partial charge on any atom is -0.284 e. The van der Waals surface area contributed by atoms with Gasteiger partial charge in [-0.25, -0.2) is 4.39 Å². The highest BCUT2D eigenvalue weighted by molar-refractivity contribution is 4.95. The van der Waals surface area contributed by atoms with Crippen LogP contribution in [0.15, 0.2) is 0 Å². The molecule has 0 aromatic rings. The maximum Gasteiger partial charge on any atom is 0.133 e. The number of likely N-dealkylation sites (tertiary alicyclic amines) is 1. The van der Waals surface area contributed by atoms with Crippen molar-refractivity contribution in [2.24, 2.45) is 0 Å². The van der Waals surface area contributed by atoms with Crippen LogP contribution < -0.4 is 0 Å². The lowest BCUT2D eigenvalue weighted by molar-refractivity contribution is -0.00824. The highest BCUT2D eigenvalue weighted by Crippen LogP contribution is 2.23. The van der Waals surface area contributed by atoms with Gasteiger partial charge >= 0.3 is 0 Å². The van der Waals surface area contributed by atoms with Crippen molar-refractivity contribution in [2.75, 3.05) is 19.6 Å². The molecule has 0 atom stereocenters. The summed E-state index contributed by atoms with van der Waals surface area (Å²) in [6.07, 6.45) is 0. The average Bonchev–Trinajstić information content (AvgIpc) is 1.62. The van der Waals surface area contributed by atoms with Crippen LogP contribution in [0.2, 0.25) is 0 Å². The molecule has 3 heteroatoms. The molecule has 50 valence electrons. The van der Waals surface area contributed by atoms with Crippen LogP contribution in [0, 0.1) is 11.3 Å². The topological polar surface area (TPSA) is 27.0 Å². The summed E-state index contributed by atoms with van der Waals surface area (Å²) in [4.78, 5) is 1.78. The van der Waals surface area contributed by atoms with Gasteiger partial charge in [-0.1, -0.05) is 0 Å². The van der Waals surface area contributed by atoms with Crippen molar-refractivity contribution in [3.05, 3.63) is 0 Å². The Labute approximate surface area is 53.9 Å². The number of hydrogen-bond donors (Lipinski definition) is 0. The van der Waals surface area contributed by atoms with Gasteiger partial charge in [-0.05, 0) is 6.92 Å². The van der Waals surface area contributed by atoms with Crippen LogP contribution in [0.25, 0.3) is 0 Å². The predicted molar refractivity (Wildman–Crippen MR) is 31.6 cm³/mol. The predicted octanol–water partition coefficient (Wildman–Crippen LogP) is 0.554. The maximum absolute atomic E-state index is 12.6. The number of rotatable bonds is 1. The van der Waals surface area contributed by atoms with Crippen LogP contribution >= 0.6 is 0 Å². The Hall–Kier alpha value is -0.620. The van der Waals surface area contributed by atoms with Crippen LogP contribution in [-0.4, -0.2) is 30.2 Å². The first-order chi connectivity index (χ1) is 4.14. The van der Waals surface area contributed by atoms with Gasteiger partial charge in [0.2, 0.25) is 0 Å². The molecule has 1 rings (SSSR count). The number of nitrogens with zero attached hydrogens (tertiary/aromatic N) is 2. The molecule has 0 radical (unpaired) electrons. The number of halogens is 1. The highest BCUT2D eigenvalue weighted by Gasteiger charge is 2.38. The fraction of sp³-hybridized carbons (Fsp3) is 0.833. The van der Waals surface area contributed by atoms with Gasteiger partial charge in [-0.3, -0.25) is 4.90 Å². The molecule has 1 heterocycles. The molecule has 0 bridgehead atoms. The van der Waals surface area contributed by atoms with Gasteiger partial charge in [-0.15, -0.1) is 0 Å². The zero-order valence-electron chi connectivity index (χ0n) is 5.39. The first-order valence-corrected chi connectivity index (χ1v) is 2.92. The molecule has 1 aliphatic heterocycles. The van der Waals surface area contributed by atoms with Gasteiger partial charge in [0, 0.05) is 13.1 Å². The smallest absolute Gasteiger partial charge is 0.133 e. The van der Waals surface area contributed by atoms with E-state index in [9.17, 15) is 4.39 Å². The Morgan fingerprint density at radius 2 is 2.33 bits per heavy atom. The lowest BCUT2D eigenvalue weighted by Crippen LogP contribution is -2.56. The quantitative estimate of drug-likeness (QED) is 0.482. The third-order valence-electron chi connectivity index (χ3n) is 1.40. The van der Waals surface area contributed by atoms with E-state index < -0.39 is 5.67 Å². The van der Waals surface area contributed by atoms with Gasteiger partial charge in [-0.2, -0.15) is 5.26 Å². The summed E-state index contributed by atoms with van der Waals surface area (Å²) in [5.41, 5.74) is -1.03. The van der Waals surface area contributed by atoms with E-state index >= 15 is 0 Å².